The van der Waals surface area contributed by atoms with E-state index in [0.29, 0.717) is 0 Å². The zero-order valence-electron chi connectivity index (χ0n) is 16.9. The van der Waals surface area contributed by atoms with Gasteiger partial charge in [-0.1, -0.05) is 104 Å². The molecule has 0 aliphatic rings. The van der Waals surface area contributed by atoms with E-state index in [1.807, 2.05) is 0 Å². The van der Waals surface area contributed by atoms with Gasteiger partial charge in [-0.05, 0) is 12.8 Å². The van der Waals surface area contributed by atoms with E-state index in [9.17, 15) is 0 Å². The minimum Gasteiger partial charge on any atom is -1.00 e. The molecule has 3 aromatic carbocycles. The Balaban J connectivity index is 0.00000280. The summed E-state index contributed by atoms with van der Waals surface area (Å²) in [4.78, 5) is 0. The molecule has 1 nitrogen and oxygen atoms in total. The molecule has 0 heterocycles. The average molecular weight is 485 g/mol. The zero-order valence-corrected chi connectivity index (χ0v) is 19.1. The summed E-state index contributed by atoms with van der Waals surface area (Å²) in [5, 5.41) is 0. The normalized spacial score (nSPS) is 11.0. The molecule has 0 fully saturated rings. The summed E-state index contributed by atoms with van der Waals surface area (Å²) in [6.45, 7) is 6.74. The van der Waals surface area contributed by atoms with E-state index in [4.69, 9.17) is 0 Å². The minimum absolute atomic E-state index is 0. The lowest BCUT2D eigenvalue weighted by molar-refractivity contribution is -0.966. The first kappa shape index (κ1) is 22.6. The maximum atomic E-state index is 2.29. The van der Waals surface area contributed by atoms with Crippen molar-refractivity contribution in [2.24, 2.45) is 0 Å². The third kappa shape index (κ3) is 7.06. The van der Waals surface area contributed by atoms with Crippen LogP contribution < -0.4 is 24.0 Å². The van der Waals surface area contributed by atoms with Crippen LogP contribution in [0.1, 0.15) is 42.9 Å². The Morgan fingerprint density at radius 3 is 1.21 bits per heavy atom. The van der Waals surface area contributed by atoms with E-state index < -0.39 is 0 Å². The highest BCUT2D eigenvalue weighted by Gasteiger charge is 2.28. The largest absolute Gasteiger partial charge is 1.00 e. The summed E-state index contributed by atoms with van der Waals surface area (Å²) in [7, 11) is 0. The molecule has 0 aliphatic heterocycles. The molecule has 0 aliphatic carbocycles. The van der Waals surface area contributed by atoms with Gasteiger partial charge in [0, 0.05) is 16.7 Å². The molecule has 3 aromatic rings. The number of quaternary nitrogens is 1. The topological polar surface area (TPSA) is 0 Å². The SMILES string of the molecule is CCCCC[N+](Cc1ccccc1)(Cc1ccccc1)Cc1ccccc1.[I-]. The van der Waals surface area contributed by atoms with Crippen LogP contribution in [0.2, 0.25) is 0 Å². The standard InChI is InChI=1S/C26H32N.HI/c1-2-3-13-20-27(21-24-14-7-4-8-15-24,22-25-16-9-5-10-17-25)23-26-18-11-6-12-19-26;/h4-12,14-19H,2-3,13,20-23H2,1H3;1H/q+1;/p-1. The molecule has 0 aromatic heterocycles. The Morgan fingerprint density at radius 2 is 0.893 bits per heavy atom. The number of benzene rings is 3. The highest BCUT2D eigenvalue weighted by atomic mass is 127. The van der Waals surface area contributed by atoms with Crippen molar-refractivity contribution < 1.29 is 28.5 Å². The van der Waals surface area contributed by atoms with Crippen LogP contribution in [0.5, 0.6) is 0 Å². The summed E-state index contributed by atoms with van der Waals surface area (Å²) >= 11 is 0. The lowest BCUT2D eigenvalue weighted by Gasteiger charge is -2.39. The smallest absolute Gasteiger partial charge is 0.105 e. The van der Waals surface area contributed by atoms with Crippen molar-refractivity contribution in [1.82, 2.24) is 0 Å². The number of halogens is 1. The molecule has 0 saturated carbocycles. The van der Waals surface area contributed by atoms with Crippen LogP contribution in [-0.4, -0.2) is 11.0 Å². The molecule has 0 N–H and O–H groups in total. The van der Waals surface area contributed by atoms with E-state index in [2.05, 4.69) is 97.9 Å². The molecule has 0 bridgehead atoms. The summed E-state index contributed by atoms with van der Waals surface area (Å²) < 4.78 is 1.08. The third-order valence-corrected chi connectivity index (χ3v) is 5.32. The van der Waals surface area contributed by atoms with Crippen molar-refractivity contribution in [2.75, 3.05) is 6.54 Å². The average Bonchev–Trinajstić information content (AvgIpc) is 2.70. The van der Waals surface area contributed by atoms with Gasteiger partial charge in [0.1, 0.15) is 19.6 Å². The molecule has 2 heteroatoms. The summed E-state index contributed by atoms with van der Waals surface area (Å²) in [5.74, 6) is 0. The number of hydrogen-bond acceptors (Lipinski definition) is 0. The fraction of sp³-hybridized carbons (Fsp3) is 0.308. The molecular formula is C26H32IN. The van der Waals surface area contributed by atoms with Crippen molar-refractivity contribution in [3.05, 3.63) is 108 Å². The number of hydrogen-bond donors (Lipinski definition) is 0. The van der Waals surface area contributed by atoms with Gasteiger partial charge < -0.3 is 28.5 Å². The number of unbranched alkanes of at least 4 members (excludes halogenated alkanes) is 2. The van der Waals surface area contributed by atoms with E-state index in [0.717, 1.165) is 24.1 Å². The monoisotopic (exact) mass is 485 g/mol. The Hall–Kier alpha value is -1.65. The summed E-state index contributed by atoms with van der Waals surface area (Å²) in [6.07, 6.45) is 3.85. The van der Waals surface area contributed by atoms with Crippen LogP contribution >= 0.6 is 0 Å². The van der Waals surface area contributed by atoms with Crippen molar-refractivity contribution >= 4 is 0 Å². The zero-order chi connectivity index (χ0) is 18.8. The fourth-order valence-corrected chi connectivity index (χ4v) is 4.01. The molecule has 148 valence electrons. The Labute approximate surface area is 188 Å². The van der Waals surface area contributed by atoms with Crippen LogP contribution in [0.25, 0.3) is 0 Å². The lowest BCUT2D eigenvalue weighted by Crippen LogP contribution is -3.00. The van der Waals surface area contributed by atoms with Crippen molar-refractivity contribution in [3.8, 4) is 0 Å². The second-order valence-electron chi connectivity index (χ2n) is 7.70. The summed E-state index contributed by atoms with van der Waals surface area (Å²) in [5.41, 5.74) is 4.29. The van der Waals surface area contributed by atoms with Crippen LogP contribution in [0.3, 0.4) is 0 Å². The molecule has 0 atom stereocenters. The highest BCUT2D eigenvalue weighted by molar-refractivity contribution is 5.17. The van der Waals surface area contributed by atoms with Gasteiger partial charge >= 0.3 is 0 Å². The van der Waals surface area contributed by atoms with Gasteiger partial charge in [0.15, 0.2) is 0 Å². The first-order valence-corrected chi connectivity index (χ1v) is 10.3. The van der Waals surface area contributed by atoms with Gasteiger partial charge in [-0.3, -0.25) is 0 Å². The molecular weight excluding hydrogens is 453 g/mol. The first-order chi connectivity index (χ1) is 13.3. The number of nitrogens with zero attached hydrogens (tertiary/aromatic N) is 1. The predicted molar refractivity (Wildman–Crippen MR) is 115 cm³/mol. The molecule has 0 spiro atoms. The number of rotatable bonds is 10. The molecule has 0 unspecified atom stereocenters. The van der Waals surface area contributed by atoms with E-state index in [1.165, 1.54) is 42.5 Å². The Morgan fingerprint density at radius 1 is 0.536 bits per heavy atom. The van der Waals surface area contributed by atoms with Gasteiger partial charge in [-0.2, -0.15) is 0 Å². The molecule has 0 amide bonds. The Bertz CT molecular complexity index is 670. The van der Waals surface area contributed by atoms with E-state index >= 15 is 0 Å². The van der Waals surface area contributed by atoms with Gasteiger partial charge in [-0.15, -0.1) is 0 Å². The van der Waals surface area contributed by atoms with Gasteiger partial charge in [0.2, 0.25) is 0 Å². The highest BCUT2D eigenvalue weighted by Crippen LogP contribution is 2.25. The van der Waals surface area contributed by atoms with Crippen LogP contribution in [0.4, 0.5) is 0 Å². The maximum Gasteiger partial charge on any atom is 0.105 e. The molecule has 3 rings (SSSR count). The summed E-state index contributed by atoms with van der Waals surface area (Å²) in [6, 6.07) is 33.0. The fourth-order valence-electron chi connectivity index (χ4n) is 4.01. The van der Waals surface area contributed by atoms with Crippen LogP contribution in [-0.2, 0) is 19.6 Å². The van der Waals surface area contributed by atoms with Gasteiger partial charge in [0.25, 0.3) is 0 Å². The van der Waals surface area contributed by atoms with Gasteiger partial charge in [0.05, 0.1) is 6.54 Å². The molecule has 28 heavy (non-hydrogen) atoms. The first-order valence-electron chi connectivity index (χ1n) is 10.3. The second kappa shape index (κ2) is 12.0. The van der Waals surface area contributed by atoms with Crippen LogP contribution in [0, 0.1) is 0 Å². The maximum absolute atomic E-state index is 2.29. The van der Waals surface area contributed by atoms with Crippen LogP contribution in [0.15, 0.2) is 91.0 Å². The second-order valence-corrected chi connectivity index (χ2v) is 7.70. The van der Waals surface area contributed by atoms with E-state index in [-0.39, 0.29) is 24.0 Å². The molecule has 0 radical (unpaired) electrons. The Kier molecular flexibility index (Phi) is 9.72. The van der Waals surface area contributed by atoms with Crippen molar-refractivity contribution in [2.45, 2.75) is 45.8 Å². The van der Waals surface area contributed by atoms with Gasteiger partial charge in [-0.25, -0.2) is 0 Å². The van der Waals surface area contributed by atoms with E-state index in [1.54, 1.807) is 0 Å². The third-order valence-electron chi connectivity index (χ3n) is 5.32. The van der Waals surface area contributed by atoms with Crippen molar-refractivity contribution in [1.29, 1.82) is 0 Å². The minimum atomic E-state index is 0. The quantitative estimate of drug-likeness (QED) is 0.234. The molecule has 0 saturated heterocycles. The predicted octanol–water partition coefficient (Wildman–Crippen LogP) is 3.60. The van der Waals surface area contributed by atoms with Crippen molar-refractivity contribution in [3.63, 3.8) is 0 Å². The lowest BCUT2D eigenvalue weighted by atomic mass is 10.1.